The number of non-ortho nitro benzene ring substituents is 1. The summed E-state index contributed by atoms with van der Waals surface area (Å²) in [6.07, 6.45) is -4.11. The number of alkyl halides is 3. The van der Waals surface area contributed by atoms with E-state index < -0.39 is 23.1 Å². The second-order valence-corrected chi connectivity index (χ2v) is 4.32. The summed E-state index contributed by atoms with van der Waals surface area (Å²) in [5.74, 6) is 0.205. The largest absolute Gasteiger partial charge is 0.493 e. The van der Waals surface area contributed by atoms with Crippen LogP contribution in [0.4, 0.5) is 18.9 Å². The van der Waals surface area contributed by atoms with E-state index in [1.54, 1.807) is 0 Å². The molecule has 0 unspecified atom stereocenters. The Labute approximate surface area is 101 Å². The third-order valence-electron chi connectivity index (χ3n) is 3.02. The zero-order valence-electron chi connectivity index (χ0n) is 9.24. The number of hydrogen-bond acceptors (Lipinski definition) is 3. The van der Waals surface area contributed by atoms with Gasteiger partial charge >= 0.3 is 6.18 Å². The first-order chi connectivity index (χ1) is 8.34. The maximum atomic E-state index is 12.6. The molecular formula is C11H10F3NO3. The molecule has 1 fully saturated rings. The molecule has 0 amide bonds. The minimum absolute atomic E-state index is 0.0729. The van der Waals surface area contributed by atoms with Crippen molar-refractivity contribution in [2.24, 2.45) is 5.41 Å². The van der Waals surface area contributed by atoms with E-state index in [0.717, 1.165) is 0 Å². The summed E-state index contributed by atoms with van der Waals surface area (Å²) in [5, 5.41) is 10.4. The summed E-state index contributed by atoms with van der Waals surface area (Å²) < 4.78 is 42.8. The molecule has 1 aliphatic rings. The highest BCUT2D eigenvalue weighted by Crippen LogP contribution is 2.57. The molecular weight excluding hydrogens is 251 g/mol. The lowest BCUT2D eigenvalue weighted by molar-refractivity contribution is -0.384. The molecule has 0 atom stereocenters. The average Bonchev–Trinajstić information content (AvgIpc) is 3.07. The van der Waals surface area contributed by atoms with Gasteiger partial charge in [0.05, 0.1) is 4.92 Å². The summed E-state index contributed by atoms with van der Waals surface area (Å²) in [5.41, 5.74) is -1.85. The zero-order chi connectivity index (χ0) is 13.4. The molecule has 7 heteroatoms. The number of nitro benzene ring substituents is 1. The van der Waals surface area contributed by atoms with Gasteiger partial charge < -0.3 is 4.74 Å². The Balaban J connectivity index is 1.97. The molecule has 0 aromatic heterocycles. The number of benzene rings is 1. The lowest BCUT2D eigenvalue weighted by atomic mass is 10.1. The van der Waals surface area contributed by atoms with E-state index in [1.807, 2.05) is 0 Å². The van der Waals surface area contributed by atoms with Crippen molar-refractivity contribution in [3.05, 3.63) is 34.4 Å². The Kier molecular flexibility index (Phi) is 2.92. The number of nitro groups is 1. The van der Waals surface area contributed by atoms with Crippen LogP contribution in [0.2, 0.25) is 0 Å². The Morgan fingerprint density at radius 2 is 1.83 bits per heavy atom. The molecule has 18 heavy (non-hydrogen) atoms. The van der Waals surface area contributed by atoms with Gasteiger partial charge in [0.15, 0.2) is 0 Å². The van der Waals surface area contributed by atoms with E-state index in [9.17, 15) is 23.3 Å². The van der Waals surface area contributed by atoms with E-state index in [4.69, 9.17) is 4.74 Å². The van der Waals surface area contributed by atoms with Gasteiger partial charge in [-0.1, -0.05) is 0 Å². The molecule has 0 bridgehead atoms. The summed E-state index contributed by atoms with van der Waals surface area (Å²) in [6, 6.07) is 4.99. The van der Waals surface area contributed by atoms with Crippen molar-refractivity contribution in [1.82, 2.24) is 0 Å². The highest BCUT2D eigenvalue weighted by atomic mass is 19.4. The Bertz CT molecular complexity index is 452. The molecule has 0 heterocycles. The molecule has 1 saturated carbocycles. The molecule has 0 radical (unpaired) electrons. The summed E-state index contributed by atoms with van der Waals surface area (Å²) >= 11 is 0. The lowest BCUT2D eigenvalue weighted by Crippen LogP contribution is -2.30. The first-order valence-corrected chi connectivity index (χ1v) is 5.28. The van der Waals surface area contributed by atoms with Gasteiger partial charge in [-0.3, -0.25) is 10.1 Å². The monoisotopic (exact) mass is 261 g/mol. The average molecular weight is 261 g/mol. The summed E-state index contributed by atoms with van der Waals surface area (Å²) in [4.78, 5) is 9.81. The summed E-state index contributed by atoms with van der Waals surface area (Å²) in [7, 11) is 0. The van der Waals surface area contributed by atoms with E-state index in [0.29, 0.717) is 0 Å². The first kappa shape index (κ1) is 12.7. The van der Waals surface area contributed by atoms with Crippen LogP contribution in [0.5, 0.6) is 5.75 Å². The smallest absolute Gasteiger partial charge is 0.397 e. The van der Waals surface area contributed by atoms with Crippen LogP contribution in [0.1, 0.15) is 12.8 Å². The fourth-order valence-corrected chi connectivity index (χ4v) is 1.55. The first-order valence-electron chi connectivity index (χ1n) is 5.28. The fraction of sp³-hybridized carbons (Fsp3) is 0.455. The third kappa shape index (κ3) is 2.39. The number of rotatable bonds is 4. The van der Waals surface area contributed by atoms with Crippen molar-refractivity contribution in [1.29, 1.82) is 0 Å². The lowest BCUT2D eigenvalue weighted by Gasteiger charge is -2.19. The van der Waals surface area contributed by atoms with Crippen LogP contribution in [0, 0.1) is 15.5 Å². The molecule has 0 saturated heterocycles. The number of nitrogens with zero attached hydrogens (tertiary/aromatic N) is 1. The molecule has 4 nitrogen and oxygen atoms in total. The zero-order valence-corrected chi connectivity index (χ0v) is 9.24. The van der Waals surface area contributed by atoms with Crippen molar-refractivity contribution in [3.8, 4) is 5.75 Å². The minimum Gasteiger partial charge on any atom is -0.493 e. The highest BCUT2D eigenvalue weighted by molar-refractivity contribution is 5.36. The molecule has 1 aromatic carbocycles. The van der Waals surface area contributed by atoms with Gasteiger partial charge in [0.2, 0.25) is 0 Å². The number of ether oxygens (including phenoxy) is 1. The van der Waals surface area contributed by atoms with Crippen LogP contribution in [0.3, 0.4) is 0 Å². The SMILES string of the molecule is O=[N+]([O-])c1ccc(OCC2(C(F)(F)F)CC2)cc1. The van der Waals surface area contributed by atoms with Crippen LogP contribution in [0.15, 0.2) is 24.3 Å². The molecule has 0 spiro atoms. The molecule has 1 aromatic rings. The second-order valence-electron chi connectivity index (χ2n) is 4.32. The normalized spacial score (nSPS) is 17.3. The van der Waals surface area contributed by atoms with Crippen molar-refractivity contribution in [2.45, 2.75) is 19.0 Å². The second kappa shape index (κ2) is 4.15. The van der Waals surface area contributed by atoms with Crippen LogP contribution in [-0.4, -0.2) is 17.7 Å². The van der Waals surface area contributed by atoms with E-state index in [-0.39, 0.29) is 24.3 Å². The van der Waals surface area contributed by atoms with Crippen molar-refractivity contribution in [2.75, 3.05) is 6.61 Å². The fourth-order valence-electron chi connectivity index (χ4n) is 1.55. The Morgan fingerprint density at radius 1 is 1.28 bits per heavy atom. The predicted molar refractivity (Wildman–Crippen MR) is 56.3 cm³/mol. The number of hydrogen-bond donors (Lipinski definition) is 0. The van der Waals surface area contributed by atoms with Crippen LogP contribution < -0.4 is 4.74 Å². The van der Waals surface area contributed by atoms with Gasteiger partial charge in [0.25, 0.3) is 5.69 Å². The Morgan fingerprint density at radius 3 is 2.22 bits per heavy atom. The quantitative estimate of drug-likeness (QED) is 0.617. The van der Waals surface area contributed by atoms with Crippen molar-refractivity contribution in [3.63, 3.8) is 0 Å². The van der Waals surface area contributed by atoms with Crippen molar-refractivity contribution < 1.29 is 22.8 Å². The molecule has 0 N–H and O–H groups in total. The van der Waals surface area contributed by atoms with Gasteiger partial charge in [-0.05, 0) is 25.0 Å². The molecule has 98 valence electrons. The highest BCUT2D eigenvalue weighted by Gasteiger charge is 2.63. The van der Waals surface area contributed by atoms with Crippen LogP contribution >= 0.6 is 0 Å². The maximum absolute atomic E-state index is 12.6. The van der Waals surface area contributed by atoms with Gasteiger partial charge in [-0.15, -0.1) is 0 Å². The molecule has 2 rings (SSSR count). The minimum atomic E-state index is -4.26. The predicted octanol–water partition coefficient (Wildman–Crippen LogP) is 3.32. The standard InChI is InChI=1S/C11H10F3NO3/c12-11(13,14)10(5-6-10)7-18-9-3-1-8(2-4-9)15(16)17/h1-4H,5-7H2. The maximum Gasteiger partial charge on any atom is 0.397 e. The summed E-state index contributed by atoms with van der Waals surface area (Å²) in [6.45, 7) is -0.436. The topological polar surface area (TPSA) is 52.4 Å². The molecule has 0 aliphatic heterocycles. The van der Waals surface area contributed by atoms with Crippen LogP contribution in [-0.2, 0) is 0 Å². The van der Waals surface area contributed by atoms with Gasteiger partial charge in [-0.2, -0.15) is 13.2 Å². The Hall–Kier alpha value is -1.79. The van der Waals surface area contributed by atoms with E-state index >= 15 is 0 Å². The van der Waals surface area contributed by atoms with Crippen molar-refractivity contribution >= 4 is 5.69 Å². The van der Waals surface area contributed by atoms with Gasteiger partial charge in [0.1, 0.15) is 17.8 Å². The third-order valence-corrected chi connectivity index (χ3v) is 3.02. The van der Waals surface area contributed by atoms with Gasteiger partial charge in [0, 0.05) is 12.1 Å². The molecule has 1 aliphatic carbocycles. The van der Waals surface area contributed by atoms with E-state index in [2.05, 4.69) is 0 Å². The van der Waals surface area contributed by atoms with Gasteiger partial charge in [-0.25, -0.2) is 0 Å². The van der Waals surface area contributed by atoms with E-state index in [1.165, 1.54) is 24.3 Å². The number of halogens is 3. The van der Waals surface area contributed by atoms with Crippen LogP contribution in [0.25, 0.3) is 0 Å².